The summed E-state index contributed by atoms with van der Waals surface area (Å²) in [4.78, 5) is 31.2. The van der Waals surface area contributed by atoms with Crippen LogP contribution in [0.1, 0.15) is 55.5 Å². The minimum atomic E-state index is -4.65. The molecule has 18 heteroatoms. The number of rotatable bonds is 15. The van der Waals surface area contributed by atoms with E-state index >= 15 is 0 Å². The molecule has 1 aromatic heterocycles. The van der Waals surface area contributed by atoms with Crippen LogP contribution in [0.5, 0.6) is 11.5 Å². The number of nitrogens with one attached hydrogen (secondary N) is 3. The van der Waals surface area contributed by atoms with Crippen LogP contribution < -0.4 is 19.7 Å². The number of carbonyl (C=O) groups excluding carboxylic acids is 1. The molecule has 3 heterocycles. The van der Waals surface area contributed by atoms with Gasteiger partial charge < -0.3 is 15.0 Å². The van der Waals surface area contributed by atoms with E-state index in [0.717, 1.165) is 56.7 Å². The summed E-state index contributed by atoms with van der Waals surface area (Å²) in [5.41, 5.74) is 5.17. The Bertz CT molecular complexity index is 2670. The average molecular weight is 917 g/mol. The van der Waals surface area contributed by atoms with Gasteiger partial charge in [0.15, 0.2) is 0 Å². The lowest BCUT2D eigenvalue weighted by Crippen LogP contribution is -2.47. The Morgan fingerprint density at radius 2 is 1.78 bits per heavy atom. The van der Waals surface area contributed by atoms with E-state index in [1.54, 1.807) is 35.4 Å². The Balaban J connectivity index is 1.00. The first-order chi connectivity index (χ1) is 30.7. The highest BCUT2D eigenvalue weighted by atomic mass is 35.5. The predicted octanol–water partition coefficient (Wildman–Crippen LogP) is 8.62. The van der Waals surface area contributed by atoms with Gasteiger partial charge in [0.2, 0.25) is 0 Å². The van der Waals surface area contributed by atoms with Crippen molar-refractivity contribution in [3.8, 4) is 11.5 Å². The summed E-state index contributed by atoms with van der Waals surface area (Å²) in [6.07, 6.45) is 5.22. The zero-order chi connectivity index (χ0) is 45.2. The summed E-state index contributed by atoms with van der Waals surface area (Å²) in [5.74, 6) is -0.514. The molecule has 0 radical (unpaired) electrons. The fraction of sp³-hybridized carbons (Fsp3) is 0.391. The van der Waals surface area contributed by atoms with E-state index in [1.165, 1.54) is 28.8 Å². The first kappa shape index (κ1) is 45.0. The Morgan fingerprint density at radius 3 is 2.52 bits per heavy atom. The van der Waals surface area contributed by atoms with E-state index in [2.05, 4.69) is 56.0 Å². The molecule has 2 saturated heterocycles. The summed E-state index contributed by atoms with van der Waals surface area (Å²) in [6.45, 7) is 7.43. The second kappa shape index (κ2) is 18.8. The minimum absolute atomic E-state index is 0.0394. The molecule has 5 aromatic rings. The fourth-order valence-corrected chi connectivity index (χ4v) is 10.0. The smallest absolute Gasteiger partial charge is 0.293 e. The molecular weight excluding hydrogens is 866 g/mol. The van der Waals surface area contributed by atoms with Gasteiger partial charge in [-0.05, 0) is 90.8 Å². The van der Waals surface area contributed by atoms with E-state index in [0.29, 0.717) is 47.7 Å². The lowest BCUT2D eigenvalue weighted by atomic mass is 9.72. The zero-order valence-electron chi connectivity index (χ0n) is 35.7. The Labute approximate surface area is 375 Å². The number of allylic oxidation sites excluding steroid dienone is 1. The number of likely N-dealkylation sites (tertiary alicyclic amines) is 1. The number of sulfonamides is 1. The number of aromatic nitrogens is 2. The van der Waals surface area contributed by atoms with Gasteiger partial charge in [-0.1, -0.05) is 49.2 Å². The number of anilines is 2. The van der Waals surface area contributed by atoms with Crippen molar-refractivity contribution in [2.24, 2.45) is 5.41 Å². The second-order valence-corrected chi connectivity index (χ2v) is 19.6. The van der Waals surface area contributed by atoms with Crippen LogP contribution >= 0.6 is 11.6 Å². The van der Waals surface area contributed by atoms with E-state index < -0.39 is 50.8 Å². The number of benzene rings is 4. The normalized spacial score (nSPS) is 18.5. The molecule has 0 spiro atoms. The lowest BCUT2D eigenvalue weighted by molar-refractivity contribution is -0.384. The third-order valence-corrected chi connectivity index (χ3v) is 14.1. The van der Waals surface area contributed by atoms with E-state index in [9.17, 15) is 32.1 Å². The second-order valence-electron chi connectivity index (χ2n) is 17.5. The monoisotopic (exact) mass is 916 g/mol. The number of nitro groups is 1. The van der Waals surface area contributed by atoms with Gasteiger partial charge in [-0.3, -0.25) is 29.8 Å². The maximum atomic E-state index is 14.0. The molecule has 4 aromatic carbocycles. The molecule has 3 aliphatic rings. The highest BCUT2D eigenvalue weighted by molar-refractivity contribution is 7.90. The molecule has 64 heavy (non-hydrogen) atoms. The maximum absolute atomic E-state index is 14.0. The number of nitro benzene ring substituents is 1. The van der Waals surface area contributed by atoms with Crippen LogP contribution in [0.3, 0.4) is 0 Å². The molecule has 1 atom stereocenters. The zero-order valence-corrected chi connectivity index (χ0v) is 37.2. The van der Waals surface area contributed by atoms with Gasteiger partial charge >= 0.3 is 0 Å². The Kier molecular flexibility index (Phi) is 13.2. The standard InChI is InChI=1S/C46H51ClF2N8O6S/c1-46(2)16-14-31(38(24-46)30-6-8-32(47)9-7-30)28-54-18-20-55(21-19-54)34-10-12-37(44(22-34)63-43-5-3-4-40-39(43)27-50-52-40)45(58)53-64(61,62)36-11-13-41(42(23-36)57(59)60)51-33-15-17-56(29-33)35(25-48)26-49/h3-13,22-23,27,33,35,51H,14-21,24-26,28-29H2,1-2H3,(H,50,52)(H,53,58). The molecule has 0 bridgehead atoms. The molecule has 3 N–H and O–H groups in total. The van der Waals surface area contributed by atoms with Gasteiger partial charge in [-0.15, -0.1) is 0 Å². The first-order valence-corrected chi connectivity index (χ1v) is 23.2. The van der Waals surface area contributed by atoms with Crippen molar-refractivity contribution in [3.05, 3.63) is 117 Å². The van der Waals surface area contributed by atoms with Gasteiger partial charge in [-0.2, -0.15) is 5.10 Å². The van der Waals surface area contributed by atoms with Crippen LogP contribution in [0.25, 0.3) is 16.5 Å². The molecule has 0 saturated carbocycles. The van der Waals surface area contributed by atoms with Crippen LogP contribution in [0.4, 0.5) is 25.8 Å². The number of amides is 1. The molecule has 1 aliphatic carbocycles. The highest BCUT2D eigenvalue weighted by Gasteiger charge is 2.32. The first-order valence-electron chi connectivity index (χ1n) is 21.4. The number of halogens is 3. The average Bonchev–Trinajstić information content (AvgIpc) is 3.96. The predicted molar refractivity (Wildman–Crippen MR) is 244 cm³/mol. The quantitative estimate of drug-likeness (QED) is 0.0680. The number of hydrogen-bond acceptors (Lipinski definition) is 11. The van der Waals surface area contributed by atoms with Crippen molar-refractivity contribution in [2.75, 3.05) is 69.4 Å². The maximum Gasteiger partial charge on any atom is 0.293 e. The van der Waals surface area contributed by atoms with Crippen molar-refractivity contribution in [1.29, 1.82) is 0 Å². The van der Waals surface area contributed by atoms with E-state index in [-0.39, 0.29) is 35.0 Å². The Morgan fingerprint density at radius 1 is 1.02 bits per heavy atom. The summed E-state index contributed by atoms with van der Waals surface area (Å²) in [6, 6.07) is 20.5. The number of alkyl halides is 2. The topological polar surface area (TPSA) is 166 Å². The molecule has 14 nitrogen and oxygen atoms in total. The third kappa shape index (κ3) is 10.0. The molecule has 1 unspecified atom stereocenters. The number of fused-ring (bicyclic) bond motifs is 1. The number of ether oxygens (including phenoxy) is 1. The number of hydrogen-bond donors (Lipinski definition) is 3. The molecule has 2 fully saturated rings. The molecule has 8 rings (SSSR count). The lowest BCUT2D eigenvalue weighted by Gasteiger charge is -2.39. The van der Waals surface area contributed by atoms with Crippen molar-refractivity contribution in [3.63, 3.8) is 0 Å². The van der Waals surface area contributed by atoms with Crippen molar-refractivity contribution < 1.29 is 31.7 Å². The third-order valence-electron chi connectivity index (χ3n) is 12.6. The summed E-state index contributed by atoms with van der Waals surface area (Å²) >= 11 is 6.24. The molecule has 1 amide bonds. The molecule has 2 aliphatic heterocycles. The van der Waals surface area contributed by atoms with E-state index in [1.807, 2.05) is 18.2 Å². The number of H-pyrrole nitrogens is 1. The largest absolute Gasteiger partial charge is 0.456 e. The van der Waals surface area contributed by atoms with Gasteiger partial charge in [0.25, 0.3) is 21.6 Å². The van der Waals surface area contributed by atoms with E-state index in [4.69, 9.17) is 16.3 Å². The van der Waals surface area contributed by atoms with Crippen molar-refractivity contribution >= 4 is 61.1 Å². The van der Waals surface area contributed by atoms with Crippen molar-refractivity contribution in [2.45, 2.75) is 56.5 Å². The summed E-state index contributed by atoms with van der Waals surface area (Å²) in [7, 11) is -4.65. The van der Waals surface area contributed by atoms with Crippen LogP contribution in [-0.4, -0.2) is 110 Å². The van der Waals surface area contributed by atoms with Crippen LogP contribution in [-0.2, 0) is 10.0 Å². The number of nitrogens with zero attached hydrogens (tertiary/aromatic N) is 5. The van der Waals surface area contributed by atoms with Crippen molar-refractivity contribution in [1.82, 2.24) is 24.7 Å². The molecule has 338 valence electrons. The fourth-order valence-electron chi connectivity index (χ4n) is 8.91. The minimum Gasteiger partial charge on any atom is -0.456 e. The van der Waals surface area contributed by atoms with Gasteiger partial charge in [0.1, 0.15) is 30.5 Å². The number of piperazine rings is 1. The number of aromatic amines is 1. The van der Waals surface area contributed by atoms with Crippen LogP contribution in [0.2, 0.25) is 5.02 Å². The summed E-state index contributed by atoms with van der Waals surface area (Å²) in [5, 5.41) is 23.6. The highest BCUT2D eigenvalue weighted by Crippen LogP contribution is 2.44. The van der Waals surface area contributed by atoms with Crippen LogP contribution in [0.15, 0.2) is 95.5 Å². The molecular formula is C46H51ClF2N8O6S. The number of carbonyl (C=O) groups is 1. The Hall–Kier alpha value is -5.62. The van der Waals surface area contributed by atoms with Gasteiger partial charge in [-0.25, -0.2) is 21.9 Å². The van der Waals surface area contributed by atoms with Gasteiger partial charge in [0, 0.05) is 74.7 Å². The van der Waals surface area contributed by atoms with Crippen LogP contribution in [0, 0.1) is 15.5 Å². The van der Waals surface area contributed by atoms with Gasteiger partial charge in [0.05, 0.1) is 38.5 Å². The SMILES string of the molecule is CC1(C)CCC(CN2CCN(c3ccc(C(=O)NS(=O)(=O)c4ccc(NC5CCN(C(CF)CF)C5)c([N+](=O)[O-])c4)c(Oc4cccc5[nH]ncc45)c3)CC2)=C(c2ccc(Cl)cc2)C1. The summed E-state index contributed by atoms with van der Waals surface area (Å²) < 4.78 is 62.6.